The number of carboxylic acids is 6. The number of rotatable bonds is 44. The average Bonchev–Trinajstić information content (AvgIpc) is 0.708. The molecule has 6 fully saturated rings. The summed E-state index contributed by atoms with van der Waals surface area (Å²) in [6.45, 7) is 16.6. The monoisotopic (exact) mass is 1970 g/mol. The van der Waals surface area contributed by atoms with Crippen molar-refractivity contribution in [2.45, 2.75) is 393 Å². The van der Waals surface area contributed by atoms with Gasteiger partial charge in [0, 0.05) is 92.6 Å². The van der Waals surface area contributed by atoms with Crippen molar-refractivity contribution >= 4 is 59.4 Å². The van der Waals surface area contributed by atoms with E-state index in [1.807, 2.05) is 0 Å². The van der Waals surface area contributed by atoms with Crippen LogP contribution in [0.1, 0.15) is 192 Å². The Kier molecular flexibility index (Phi) is 40.8. The minimum atomic E-state index is -3.11. The van der Waals surface area contributed by atoms with Gasteiger partial charge in [-0.05, 0) is 85.8 Å². The molecule has 6 aliphatic rings. The number of aliphatic carboxylic acids is 6. The van der Waals surface area contributed by atoms with Crippen LogP contribution in [0.15, 0.2) is 0 Å². The van der Waals surface area contributed by atoms with Gasteiger partial charge in [0.05, 0.1) is 112 Å². The second-order valence-corrected chi connectivity index (χ2v) is 40.3. The van der Waals surface area contributed by atoms with Crippen LogP contribution in [0, 0.1) is 70.0 Å². The molecule has 48 nitrogen and oxygen atoms in total. The van der Waals surface area contributed by atoms with Crippen LogP contribution in [0.4, 0.5) is 0 Å². The predicted molar refractivity (Wildman–Crippen MR) is 464 cm³/mol. The number of hydrogen-bond acceptors (Lipinski definition) is 38. The second kappa shape index (κ2) is 47.6. The molecule has 40 unspecified atom stereocenters. The van der Waals surface area contributed by atoms with Crippen LogP contribution >= 0.6 is 0 Å². The molecule has 6 heterocycles. The third-order valence-electron chi connectivity index (χ3n) is 29.1. The van der Waals surface area contributed by atoms with Gasteiger partial charge in [0.1, 0.15) is 85.5 Å². The number of aliphatic hydroxyl groups excluding tert-OH is 22. The van der Waals surface area contributed by atoms with Crippen molar-refractivity contribution < 1.29 is 222 Å². The predicted octanol–water partition coefficient (Wildman–Crippen LogP) is -7.90. The van der Waals surface area contributed by atoms with Crippen LogP contribution in [0.2, 0.25) is 0 Å². The number of nitrogens with one attached hydrogen (secondary N) is 4. The van der Waals surface area contributed by atoms with E-state index in [9.17, 15) is 191 Å². The molecule has 136 heavy (non-hydrogen) atoms. The molecule has 6 aliphatic heterocycles. The van der Waals surface area contributed by atoms with Gasteiger partial charge < -0.3 is 193 Å². The zero-order valence-electron chi connectivity index (χ0n) is 81.3. The lowest BCUT2D eigenvalue weighted by atomic mass is 9.50. The van der Waals surface area contributed by atoms with Gasteiger partial charge in [0.25, 0.3) is 0 Å². The Bertz CT molecular complexity index is 4020. The van der Waals surface area contributed by atoms with E-state index < -0.39 is 438 Å². The van der Waals surface area contributed by atoms with E-state index in [2.05, 4.69) is 21.3 Å². The molecular formula is C88H152N4O44. The van der Waals surface area contributed by atoms with Gasteiger partial charge in [-0.15, -0.1) is 0 Å². The molecule has 0 bridgehead atoms. The van der Waals surface area contributed by atoms with Crippen molar-refractivity contribution in [2.75, 3.05) is 26.4 Å². The summed E-state index contributed by atoms with van der Waals surface area (Å²) in [4.78, 5) is 135. The summed E-state index contributed by atoms with van der Waals surface area (Å²) in [5.74, 6) is -26.0. The third kappa shape index (κ3) is 25.4. The first-order valence-corrected chi connectivity index (χ1v) is 45.4. The van der Waals surface area contributed by atoms with Crippen LogP contribution in [0.25, 0.3) is 0 Å². The smallest absolute Gasteiger partial charge is 0.336 e. The molecule has 0 radical (unpaired) electrons. The molecule has 4 amide bonds. The Morgan fingerprint density at radius 3 is 0.787 bits per heavy atom. The standard InChI is InChI=1S/2C44H76N2O22/c1-17(2)29(18(3)4)41(9,16-43(39(62)63)11-25(54)31(46-22(8)51)37(67-43)34(59)27(56)15-48)28(44(40(64)65)12-23(52)19(5)35(68-44)32(57)20(6)49)13-42(38(60)61)10-24(53)30(45-21(7)50)36(66-42)33(58)26(55)14-47;1-17(2)29(18(3)4)41(9,16-43(39(62)63)10-23(52)19(5)35(66-43)32(57)20(6)49)28(44(40(64)65)12-25(54)31(46-22(8)51)37(68-44)34(59)27(56)15-48)13-42(38(60)61)11-24(53)30(45-21(7)50)36(67-42)33(58)26(55)14-47/h2*17-20,23-37,47-49,52-59H,10-16H2,1-9H3,(H,45,50)(H,46,51)(H,60,61)(H,62,63)(H,64,65)/i2*6D. The van der Waals surface area contributed by atoms with E-state index in [-0.39, 0.29) is 0 Å². The number of ether oxygens (including phenoxy) is 6. The van der Waals surface area contributed by atoms with Gasteiger partial charge in [-0.2, -0.15) is 0 Å². The SMILES string of the molecule is [2H]CC(O)C(O)C1OC(C(=O)O)(C(CC2(C(=O)O)CC(O)C(NC(C)=O)C(C(O)C(O)CO)O2)C(C)(CC2(C(=O)O)CC(O)C(NC(C)=O)C(C(O)C(O)CO)O2)C(C(C)C)C(C)C)CC(O)C1C.[2H]CC(O)C(O)C1OC(CC(C)(C(C(C)C)C(C)C)C(CC2(C(=O)O)CC(O)C(NC(C)=O)C(C(O)C(O)CO)O2)C2(C(=O)O)CC(O)C(NC(C)=O)C(C(O)C(O)CO)O2)(C(=O)O)CC(O)C1C. The summed E-state index contributed by atoms with van der Waals surface area (Å²) in [6.07, 6.45) is -58.9. The number of aliphatic hydroxyl groups is 22. The number of carboxylic acid groups (broad SMARTS) is 6. The summed E-state index contributed by atoms with van der Waals surface area (Å²) in [5, 5.41) is 321. The molecule has 48 heteroatoms. The van der Waals surface area contributed by atoms with Crippen LogP contribution in [0.3, 0.4) is 0 Å². The fourth-order valence-electron chi connectivity index (χ4n) is 23.5. The summed E-state index contributed by atoms with van der Waals surface area (Å²) < 4.78 is 53.3. The third-order valence-corrected chi connectivity index (χ3v) is 29.1. The molecule has 0 aromatic rings. The van der Waals surface area contributed by atoms with Gasteiger partial charge in [-0.1, -0.05) is 83.1 Å². The summed E-state index contributed by atoms with van der Waals surface area (Å²) in [5.41, 5.74) is -21.8. The van der Waals surface area contributed by atoms with E-state index in [1.54, 1.807) is 55.4 Å². The zero-order chi connectivity index (χ0) is 106. The number of hydrogen-bond donors (Lipinski definition) is 32. The Morgan fingerprint density at radius 1 is 0.331 bits per heavy atom. The second-order valence-electron chi connectivity index (χ2n) is 40.3. The number of carbonyl (C=O) groups is 10. The molecule has 0 aromatic carbocycles. The van der Waals surface area contributed by atoms with Gasteiger partial charge in [-0.3, -0.25) is 19.2 Å². The highest BCUT2D eigenvalue weighted by atomic mass is 16.6. The van der Waals surface area contributed by atoms with E-state index in [4.69, 9.17) is 31.2 Å². The Hall–Kier alpha value is -6.42. The number of amides is 4. The fraction of sp³-hybridized carbons (Fsp3) is 0.886. The maximum atomic E-state index is 14.5. The summed E-state index contributed by atoms with van der Waals surface area (Å²) in [6, 6.07) is -6.79. The van der Waals surface area contributed by atoms with Crippen molar-refractivity contribution in [3.63, 3.8) is 0 Å². The molecule has 0 aliphatic carbocycles. The molecule has 0 aromatic heterocycles. The lowest BCUT2D eigenvalue weighted by Gasteiger charge is -2.60. The van der Waals surface area contributed by atoms with Gasteiger partial charge >= 0.3 is 35.8 Å². The first-order chi connectivity index (χ1) is 63.5. The highest BCUT2D eigenvalue weighted by Gasteiger charge is 2.73. The summed E-state index contributed by atoms with van der Waals surface area (Å²) >= 11 is 0. The molecule has 6 rings (SSSR count). The Morgan fingerprint density at radius 2 is 0.544 bits per heavy atom. The fourth-order valence-corrected chi connectivity index (χ4v) is 23.5. The van der Waals surface area contributed by atoms with Crippen molar-refractivity contribution in [1.82, 2.24) is 21.3 Å². The van der Waals surface area contributed by atoms with Crippen LogP contribution in [-0.4, -0.2) is 433 Å². The van der Waals surface area contributed by atoms with Crippen molar-refractivity contribution in [3.05, 3.63) is 0 Å². The van der Waals surface area contributed by atoms with E-state index in [0.717, 1.165) is 27.7 Å². The van der Waals surface area contributed by atoms with Crippen molar-refractivity contribution in [3.8, 4) is 0 Å². The van der Waals surface area contributed by atoms with Gasteiger partial charge in [0.2, 0.25) is 23.6 Å². The maximum absolute atomic E-state index is 14.5. The molecule has 40 atom stereocenters. The molecule has 0 saturated carbocycles. The minimum absolute atomic E-state index is 0.650. The van der Waals surface area contributed by atoms with Crippen molar-refractivity contribution in [2.24, 2.45) is 70.0 Å². The molecular weight excluding hydrogens is 1820 g/mol. The largest absolute Gasteiger partial charge is 0.479 e. The van der Waals surface area contributed by atoms with E-state index in [1.165, 1.54) is 27.7 Å². The average molecular weight is 1970 g/mol. The first-order valence-electron chi connectivity index (χ1n) is 46.8. The van der Waals surface area contributed by atoms with Crippen LogP contribution in [0.5, 0.6) is 0 Å². The first kappa shape index (κ1) is 117. The normalized spacial score (nSPS) is 36.6. The molecule has 32 N–H and O–H groups in total. The molecule has 6 saturated heterocycles. The van der Waals surface area contributed by atoms with E-state index >= 15 is 0 Å². The lowest BCUT2D eigenvalue weighted by Crippen LogP contribution is -2.73. The molecule has 788 valence electrons. The zero-order valence-corrected chi connectivity index (χ0v) is 79.3. The highest BCUT2D eigenvalue weighted by Crippen LogP contribution is 2.64. The Balaban J connectivity index is 0.000000487. The lowest BCUT2D eigenvalue weighted by molar-refractivity contribution is -0.286. The van der Waals surface area contributed by atoms with E-state index in [0.29, 0.717) is 0 Å². The van der Waals surface area contributed by atoms with Crippen LogP contribution < -0.4 is 21.3 Å². The van der Waals surface area contributed by atoms with Crippen molar-refractivity contribution in [1.29, 1.82) is 0 Å². The maximum Gasteiger partial charge on any atom is 0.336 e. The highest BCUT2D eigenvalue weighted by molar-refractivity contribution is 5.84. The Labute approximate surface area is 789 Å². The topological polar surface area (TPSA) is 841 Å². The summed E-state index contributed by atoms with van der Waals surface area (Å²) in [7, 11) is 0. The minimum Gasteiger partial charge on any atom is -0.479 e. The number of carbonyl (C=O) groups excluding carboxylic acids is 4. The quantitative estimate of drug-likeness (QED) is 0.0269. The van der Waals surface area contributed by atoms with Gasteiger partial charge in [-0.25, -0.2) is 28.8 Å². The van der Waals surface area contributed by atoms with Crippen LogP contribution in [-0.2, 0) is 76.4 Å². The molecule has 0 spiro atoms. The van der Waals surface area contributed by atoms with Gasteiger partial charge in [0.15, 0.2) is 33.6 Å².